The molecule has 2 aromatic rings. The molecule has 0 radical (unpaired) electrons. The van der Waals surface area contributed by atoms with Crippen LogP contribution >= 0.6 is 11.8 Å². The van der Waals surface area contributed by atoms with Crippen LogP contribution in [0.2, 0.25) is 0 Å². The Hall–Kier alpha value is -1.61. The van der Waals surface area contributed by atoms with Crippen LogP contribution in [0.5, 0.6) is 0 Å². The van der Waals surface area contributed by atoms with Gasteiger partial charge >= 0.3 is 0 Å². The molecule has 2 nitrogen and oxygen atoms in total. The summed E-state index contributed by atoms with van der Waals surface area (Å²) in [7, 11) is 0. The van der Waals surface area contributed by atoms with Crippen molar-refractivity contribution >= 4 is 23.1 Å². The molecule has 0 saturated heterocycles. The van der Waals surface area contributed by atoms with Gasteiger partial charge in [-0.3, -0.25) is 0 Å². The lowest BCUT2D eigenvalue weighted by atomic mass is 10.1. The molecule has 20 heavy (non-hydrogen) atoms. The lowest BCUT2D eigenvalue weighted by Gasteiger charge is -2.24. The molecule has 0 fully saturated rings. The SMILES string of the molecule is Nc1cccc2c1N(CC1Cc3ccccc3S1)CC2. The van der Waals surface area contributed by atoms with Crippen molar-refractivity contribution in [3.05, 3.63) is 53.6 Å². The van der Waals surface area contributed by atoms with Gasteiger partial charge in [0.25, 0.3) is 0 Å². The van der Waals surface area contributed by atoms with Gasteiger partial charge in [0.1, 0.15) is 0 Å². The second kappa shape index (κ2) is 4.74. The molecule has 2 heterocycles. The maximum absolute atomic E-state index is 6.17. The van der Waals surface area contributed by atoms with Crippen molar-refractivity contribution in [2.24, 2.45) is 0 Å². The second-order valence-corrected chi connectivity index (χ2v) is 6.94. The molecular formula is C17H18N2S. The molecule has 0 aromatic heterocycles. The van der Waals surface area contributed by atoms with Crippen molar-refractivity contribution in [1.29, 1.82) is 0 Å². The third-order valence-electron chi connectivity index (χ3n) is 4.26. The normalized spacial score (nSPS) is 20.0. The van der Waals surface area contributed by atoms with E-state index in [0.29, 0.717) is 5.25 Å². The van der Waals surface area contributed by atoms with E-state index >= 15 is 0 Å². The number of rotatable bonds is 2. The fraction of sp³-hybridized carbons (Fsp3) is 0.294. The Morgan fingerprint density at radius 2 is 1.95 bits per heavy atom. The van der Waals surface area contributed by atoms with Gasteiger partial charge in [-0.05, 0) is 36.1 Å². The monoisotopic (exact) mass is 282 g/mol. The molecule has 102 valence electrons. The predicted molar refractivity (Wildman–Crippen MR) is 86.6 cm³/mol. The van der Waals surface area contributed by atoms with Crippen LogP contribution in [0.25, 0.3) is 0 Å². The highest BCUT2D eigenvalue weighted by atomic mass is 32.2. The van der Waals surface area contributed by atoms with Crippen LogP contribution in [0.4, 0.5) is 11.4 Å². The summed E-state index contributed by atoms with van der Waals surface area (Å²) in [5.41, 5.74) is 11.3. The van der Waals surface area contributed by atoms with Crippen LogP contribution in [0, 0.1) is 0 Å². The van der Waals surface area contributed by atoms with Crippen molar-refractivity contribution in [2.45, 2.75) is 23.0 Å². The van der Waals surface area contributed by atoms with E-state index in [-0.39, 0.29) is 0 Å². The third kappa shape index (κ3) is 1.97. The van der Waals surface area contributed by atoms with E-state index < -0.39 is 0 Å². The largest absolute Gasteiger partial charge is 0.397 e. The molecule has 2 N–H and O–H groups in total. The standard InChI is InChI=1S/C17H18N2S/c18-15-6-3-5-12-8-9-19(17(12)15)11-14-10-13-4-1-2-7-16(13)20-14/h1-7,14H,8-11,18H2. The summed E-state index contributed by atoms with van der Waals surface area (Å²) < 4.78 is 0. The summed E-state index contributed by atoms with van der Waals surface area (Å²) >= 11 is 2.02. The number of thioether (sulfide) groups is 1. The van der Waals surface area contributed by atoms with Gasteiger partial charge in [0.05, 0.1) is 11.4 Å². The quantitative estimate of drug-likeness (QED) is 0.857. The summed E-state index contributed by atoms with van der Waals surface area (Å²) in [6, 6.07) is 15.1. The van der Waals surface area contributed by atoms with Crippen molar-refractivity contribution in [3.63, 3.8) is 0 Å². The molecule has 2 aliphatic rings. The third-order valence-corrected chi connectivity index (χ3v) is 5.56. The molecule has 4 rings (SSSR count). The molecule has 0 amide bonds. The highest BCUT2D eigenvalue weighted by molar-refractivity contribution is 8.00. The van der Waals surface area contributed by atoms with Gasteiger partial charge in [0, 0.05) is 23.2 Å². The van der Waals surface area contributed by atoms with Gasteiger partial charge in [-0.15, -0.1) is 11.8 Å². The van der Waals surface area contributed by atoms with Crippen LogP contribution in [0.1, 0.15) is 11.1 Å². The minimum absolute atomic E-state index is 0.651. The van der Waals surface area contributed by atoms with Gasteiger partial charge in [-0.1, -0.05) is 30.3 Å². The molecule has 0 saturated carbocycles. The van der Waals surface area contributed by atoms with E-state index in [9.17, 15) is 0 Å². The molecule has 0 aliphatic carbocycles. The highest BCUT2D eigenvalue weighted by Gasteiger charge is 2.28. The number of hydrogen-bond acceptors (Lipinski definition) is 3. The molecule has 1 unspecified atom stereocenters. The predicted octanol–water partition coefficient (Wildman–Crippen LogP) is 3.35. The first kappa shape index (κ1) is 12.2. The van der Waals surface area contributed by atoms with Crippen molar-refractivity contribution in [1.82, 2.24) is 0 Å². The van der Waals surface area contributed by atoms with Crippen molar-refractivity contribution in [2.75, 3.05) is 23.7 Å². The van der Waals surface area contributed by atoms with E-state index in [1.165, 1.54) is 28.1 Å². The maximum atomic E-state index is 6.17. The number of para-hydroxylation sites is 1. The van der Waals surface area contributed by atoms with Gasteiger partial charge in [-0.25, -0.2) is 0 Å². The summed E-state index contributed by atoms with van der Waals surface area (Å²) in [6.07, 6.45) is 2.31. The fourth-order valence-corrected chi connectivity index (χ4v) is 4.69. The number of nitrogen functional groups attached to an aromatic ring is 1. The zero-order valence-electron chi connectivity index (χ0n) is 11.4. The van der Waals surface area contributed by atoms with Gasteiger partial charge < -0.3 is 10.6 Å². The lowest BCUT2D eigenvalue weighted by Crippen LogP contribution is -2.29. The number of benzene rings is 2. The van der Waals surface area contributed by atoms with Crippen LogP contribution in [0.3, 0.4) is 0 Å². The summed E-state index contributed by atoms with van der Waals surface area (Å²) in [6.45, 7) is 2.21. The van der Waals surface area contributed by atoms with Crippen LogP contribution in [-0.2, 0) is 12.8 Å². The van der Waals surface area contributed by atoms with Crippen LogP contribution < -0.4 is 10.6 Å². The average Bonchev–Trinajstić information content (AvgIpc) is 3.03. The minimum atomic E-state index is 0.651. The zero-order chi connectivity index (χ0) is 13.5. The van der Waals surface area contributed by atoms with E-state index in [1.54, 1.807) is 0 Å². The number of nitrogens with two attached hydrogens (primary N) is 1. The first-order valence-corrected chi connectivity index (χ1v) is 8.06. The fourth-order valence-electron chi connectivity index (χ4n) is 3.35. The Labute approximate surface area is 124 Å². The minimum Gasteiger partial charge on any atom is -0.397 e. The summed E-state index contributed by atoms with van der Waals surface area (Å²) in [5.74, 6) is 0. The number of nitrogens with zero attached hydrogens (tertiary/aromatic N) is 1. The first-order valence-electron chi connectivity index (χ1n) is 7.18. The molecule has 1 atom stereocenters. The number of hydrogen-bond donors (Lipinski definition) is 1. The number of anilines is 2. The van der Waals surface area contributed by atoms with Crippen LogP contribution in [0.15, 0.2) is 47.4 Å². The molecule has 0 bridgehead atoms. The Balaban J connectivity index is 1.53. The topological polar surface area (TPSA) is 29.3 Å². The zero-order valence-corrected chi connectivity index (χ0v) is 12.2. The molecule has 2 aromatic carbocycles. The summed E-state index contributed by atoms with van der Waals surface area (Å²) in [4.78, 5) is 3.94. The lowest BCUT2D eigenvalue weighted by molar-refractivity contribution is 0.774. The first-order chi connectivity index (χ1) is 9.81. The van der Waals surface area contributed by atoms with E-state index in [0.717, 1.165) is 25.2 Å². The molecule has 3 heteroatoms. The molecule has 0 spiro atoms. The van der Waals surface area contributed by atoms with Gasteiger partial charge in [-0.2, -0.15) is 0 Å². The Morgan fingerprint density at radius 1 is 1.10 bits per heavy atom. The Bertz CT molecular complexity index is 628. The summed E-state index contributed by atoms with van der Waals surface area (Å²) in [5, 5.41) is 0.651. The molecular weight excluding hydrogens is 264 g/mol. The highest BCUT2D eigenvalue weighted by Crippen LogP contribution is 2.40. The van der Waals surface area contributed by atoms with Crippen molar-refractivity contribution in [3.8, 4) is 0 Å². The average molecular weight is 282 g/mol. The Morgan fingerprint density at radius 3 is 2.85 bits per heavy atom. The van der Waals surface area contributed by atoms with Gasteiger partial charge in [0.2, 0.25) is 0 Å². The van der Waals surface area contributed by atoms with E-state index in [1.807, 2.05) is 17.8 Å². The second-order valence-electron chi connectivity index (χ2n) is 5.60. The van der Waals surface area contributed by atoms with E-state index in [4.69, 9.17) is 5.73 Å². The van der Waals surface area contributed by atoms with Gasteiger partial charge in [0.15, 0.2) is 0 Å². The number of fused-ring (bicyclic) bond motifs is 2. The maximum Gasteiger partial charge on any atom is 0.0633 e. The smallest absolute Gasteiger partial charge is 0.0633 e. The van der Waals surface area contributed by atoms with Crippen LogP contribution in [-0.4, -0.2) is 18.3 Å². The Kier molecular flexibility index (Phi) is 2.88. The molecule has 2 aliphatic heterocycles. The van der Waals surface area contributed by atoms with E-state index in [2.05, 4.69) is 41.3 Å². The van der Waals surface area contributed by atoms with Crippen molar-refractivity contribution < 1.29 is 0 Å².